The van der Waals surface area contributed by atoms with Crippen molar-refractivity contribution in [2.45, 2.75) is 10.8 Å². The van der Waals surface area contributed by atoms with E-state index < -0.39 is 10.8 Å². The van der Waals surface area contributed by atoms with Crippen molar-refractivity contribution >= 4 is 10.8 Å². The van der Waals surface area contributed by atoms with Crippen LogP contribution in [0.1, 0.15) is 45.0 Å². The molecule has 9 aromatic rings. The number of hydrogen-bond donors (Lipinski definition) is 0. The molecule has 252 valence electrons. The van der Waals surface area contributed by atoms with Crippen LogP contribution in [0.15, 0.2) is 200 Å². The van der Waals surface area contributed by atoms with Crippen LogP contribution in [0.3, 0.4) is 0 Å². The topological polar surface area (TPSA) is 38.7 Å². The van der Waals surface area contributed by atoms with E-state index in [1.54, 1.807) is 0 Å². The minimum atomic E-state index is -0.818. The zero-order chi connectivity index (χ0) is 35.7. The molecule has 0 atom stereocenters. The minimum absolute atomic E-state index is 0.654. The summed E-state index contributed by atoms with van der Waals surface area (Å²) in [6, 6.07) is 71.6. The lowest BCUT2D eigenvalue weighted by Gasteiger charge is -2.35. The fourth-order valence-corrected chi connectivity index (χ4v) is 9.46. The standard InChI is InChI=1S/C51H33N3/c1-3-20-35(21-4-1)50(43-30-13-9-25-38(43)39-26-10-14-31-44(39)50)48-52-47(42-29-17-19-34-18-7-8-24-37(34)42)53-49(54-48)51(36-22-5-2-6-23-36)45-32-15-11-27-40(45)41-28-12-16-33-46(41)51/h1-33H. The molecule has 0 spiro atoms. The fraction of sp³-hybridized carbons (Fsp3) is 0.0392. The highest BCUT2D eigenvalue weighted by Crippen LogP contribution is 2.58. The van der Waals surface area contributed by atoms with E-state index in [0.717, 1.165) is 27.5 Å². The molecule has 0 saturated heterocycles. The average molecular weight is 688 g/mol. The number of rotatable bonds is 5. The fourth-order valence-electron chi connectivity index (χ4n) is 9.46. The van der Waals surface area contributed by atoms with Crippen molar-refractivity contribution in [3.8, 4) is 33.6 Å². The maximum Gasteiger partial charge on any atom is 0.164 e. The van der Waals surface area contributed by atoms with Crippen LogP contribution in [0.5, 0.6) is 0 Å². The largest absolute Gasteiger partial charge is 0.215 e. The Kier molecular flexibility index (Phi) is 6.68. The van der Waals surface area contributed by atoms with Crippen LogP contribution in [0.2, 0.25) is 0 Å². The molecule has 0 saturated carbocycles. The number of nitrogens with zero attached hydrogens (tertiary/aromatic N) is 3. The van der Waals surface area contributed by atoms with Gasteiger partial charge >= 0.3 is 0 Å². The maximum absolute atomic E-state index is 5.87. The predicted octanol–water partition coefficient (Wildman–Crippen LogP) is 11.4. The Labute approximate surface area is 314 Å². The predicted molar refractivity (Wildman–Crippen MR) is 217 cm³/mol. The van der Waals surface area contributed by atoms with Crippen LogP contribution in [0.4, 0.5) is 0 Å². The van der Waals surface area contributed by atoms with Crippen LogP contribution in [-0.2, 0) is 10.8 Å². The van der Waals surface area contributed by atoms with Crippen LogP contribution in [0.25, 0.3) is 44.4 Å². The second kappa shape index (κ2) is 11.8. The van der Waals surface area contributed by atoms with Crippen molar-refractivity contribution in [1.82, 2.24) is 15.0 Å². The van der Waals surface area contributed by atoms with Gasteiger partial charge < -0.3 is 0 Å². The summed E-state index contributed by atoms with van der Waals surface area (Å²) in [5, 5.41) is 2.24. The van der Waals surface area contributed by atoms with Gasteiger partial charge in [0.05, 0.1) is 0 Å². The number of benzene rings is 8. The van der Waals surface area contributed by atoms with E-state index >= 15 is 0 Å². The molecule has 0 N–H and O–H groups in total. The number of hydrogen-bond acceptors (Lipinski definition) is 3. The van der Waals surface area contributed by atoms with E-state index in [0.29, 0.717) is 17.5 Å². The van der Waals surface area contributed by atoms with Crippen LogP contribution in [0, 0.1) is 0 Å². The number of fused-ring (bicyclic) bond motifs is 7. The Hall–Kier alpha value is -6.97. The molecule has 0 fully saturated rings. The van der Waals surface area contributed by atoms with E-state index in [4.69, 9.17) is 15.0 Å². The highest BCUT2D eigenvalue weighted by molar-refractivity contribution is 5.95. The summed E-state index contributed by atoms with van der Waals surface area (Å²) >= 11 is 0. The van der Waals surface area contributed by atoms with Crippen molar-refractivity contribution in [3.63, 3.8) is 0 Å². The van der Waals surface area contributed by atoms with Gasteiger partial charge in [-0.3, -0.25) is 0 Å². The molecule has 0 unspecified atom stereocenters. The lowest BCUT2D eigenvalue weighted by molar-refractivity contribution is 0.631. The highest BCUT2D eigenvalue weighted by Gasteiger charge is 2.52. The molecule has 2 aliphatic carbocycles. The molecule has 54 heavy (non-hydrogen) atoms. The summed E-state index contributed by atoms with van der Waals surface area (Å²) in [4.78, 5) is 17.2. The molecular weight excluding hydrogens is 655 g/mol. The Morgan fingerprint density at radius 2 is 0.630 bits per heavy atom. The average Bonchev–Trinajstić information content (AvgIpc) is 3.73. The molecular formula is C51H33N3. The molecule has 0 aliphatic heterocycles. The third-order valence-electron chi connectivity index (χ3n) is 11.7. The summed E-state index contributed by atoms with van der Waals surface area (Å²) in [6.07, 6.45) is 0. The monoisotopic (exact) mass is 687 g/mol. The molecule has 8 aromatic carbocycles. The third kappa shape index (κ3) is 4.09. The molecule has 1 heterocycles. The molecule has 3 heteroatoms. The van der Waals surface area contributed by atoms with Crippen molar-refractivity contribution in [2.75, 3.05) is 0 Å². The molecule has 11 rings (SSSR count). The van der Waals surface area contributed by atoms with E-state index in [2.05, 4.69) is 200 Å². The summed E-state index contributed by atoms with van der Waals surface area (Å²) in [5.41, 5.74) is 11.0. The van der Waals surface area contributed by atoms with Gasteiger partial charge in [0.2, 0.25) is 0 Å². The van der Waals surface area contributed by atoms with Crippen molar-refractivity contribution in [2.24, 2.45) is 0 Å². The molecule has 0 radical (unpaired) electrons. The van der Waals surface area contributed by atoms with Gasteiger partial charge in [0.15, 0.2) is 17.5 Å². The van der Waals surface area contributed by atoms with E-state index in [1.807, 2.05) is 0 Å². The summed E-state index contributed by atoms with van der Waals surface area (Å²) < 4.78 is 0. The minimum Gasteiger partial charge on any atom is -0.215 e. The smallest absolute Gasteiger partial charge is 0.164 e. The van der Waals surface area contributed by atoms with Gasteiger partial charge in [0.1, 0.15) is 10.8 Å². The first-order valence-electron chi connectivity index (χ1n) is 18.5. The molecule has 2 aliphatic rings. The zero-order valence-electron chi connectivity index (χ0n) is 29.4. The molecule has 1 aromatic heterocycles. The van der Waals surface area contributed by atoms with Gasteiger partial charge in [-0.05, 0) is 66.4 Å². The van der Waals surface area contributed by atoms with Gasteiger partial charge in [-0.1, -0.05) is 200 Å². The van der Waals surface area contributed by atoms with Gasteiger partial charge in [-0.25, -0.2) is 15.0 Å². The second-order valence-corrected chi connectivity index (χ2v) is 14.2. The summed E-state index contributed by atoms with van der Waals surface area (Å²) in [6.45, 7) is 0. The van der Waals surface area contributed by atoms with E-state index in [9.17, 15) is 0 Å². The van der Waals surface area contributed by atoms with Crippen molar-refractivity contribution in [3.05, 3.63) is 245 Å². The van der Waals surface area contributed by atoms with Gasteiger partial charge in [-0.2, -0.15) is 0 Å². The lowest BCUT2D eigenvalue weighted by Crippen LogP contribution is -2.36. The highest BCUT2D eigenvalue weighted by atomic mass is 15.1. The van der Waals surface area contributed by atoms with Gasteiger partial charge in [0.25, 0.3) is 0 Å². The molecule has 3 nitrogen and oxygen atoms in total. The molecule has 0 amide bonds. The normalized spacial score (nSPS) is 14.2. The first-order valence-corrected chi connectivity index (χ1v) is 18.5. The van der Waals surface area contributed by atoms with Gasteiger partial charge in [-0.15, -0.1) is 0 Å². The molecule has 0 bridgehead atoms. The van der Waals surface area contributed by atoms with E-state index in [1.165, 1.54) is 44.5 Å². The first kappa shape index (κ1) is 30.6. The SMILES string of the molecule is c1ccc(C2(c3nc(-c4cccc5ccccc45)nc(C4(c5ccccc5)c5ccccc5-c5ccccc54)n3)c3ccccc3-c3ccccc32)cc1. The van der Waals surface area contributed by atoms with Crippen LogP contribution in [-0.4, -0.2) is 15.0 Å². The Morgan fingerprint density at radius 3 is 1.09 bits per heavy atom. The van der Waals surface area contributed by atoms with E-state index in [-0.39, 0.29) is 0 Å². The van der Waals surface area contributed by atoms with Crippen molar-refractivity contribution < 1.29 is 0 Å². The number of aromatic nitrogens is 3. The lowest BCUT2D eigenvalue weighted by atomic mass is 9.70. The Balaban J connectivity index is 1.34. The van der Waals surface area contributed by atoms with Gasteiger partial charge in [0, 0.05) is 5.56 Å². The zero-order valence-corrected chi connectivity index (χ0v) is 29.4. The second-order valence-electron chi connectivity index (χ2n) is 14.2. The first-order chi connectivity index (χ1) is 26.8. The van der Waals surface area contributed by atoms with Crippen molar-refractivity contribution in [1.29, 1.82) is 0 Å². The maximum atomic E-state index is 5.87. The summed E-state index contributed by atoms with van der Waals surface area (Å²) in [5.74, 6) is 2.06. The Bertz CT molecular complexity index is 2640. The Morgan fingerprint density at radius 1 is 0.278 bits per heavy atom. The summed E-state index contributed by atoms with van der Waals surface area (Å²) in [7, 11) is 0. The van der Waals surface area contributed by atoms with Crippen LogP contribution >= 0.6 is 0 Å². The quantitative estimate of drug-likeness (QED) is 0.181. The third-order valence-corrected chi connectivity index (χ3v) is 11.7. The van der Waals surface area contributed by atoms with Crippen LogP contribution < -0.4 is 0 Å².